The number of rotatable bonds is 4. The first-order chi connectivity index (χ1) is 7.56. The van der Waals surface area contributed by atoms with Gasteiger partial charge in [0.25, 0.3) is 0 Å². The molecule has 1 saturated heterocycles. The van der Waals surface area contributed by atoms with Gasteiger partial charge in [-0.3, -0.25) is 4.79 Å². The second kappa shape index (κ2) is 6.21. The molecule has 0 aromatic carbocycles. The zero-order valence-electron chi connectivity index (χ0n) is 10.7. The van der Waals surface area contributed by atoms with Gasteiger partial charge in [-0.25, -0.2) is 0 Å². The van der Waals surface area contributed by atoms with Crippen molar-refractivity contribution in [2.24, 2.45) is 5.41 Å². The van der Waals surface area contributed by atoms with Gasteiger partial charge >= 0.3 is 5.97 Å². The lowest BCUT2D eigenvalue weighted by atomic mass is 9.89. The molecule has 94 valence electrons. The van der Waals surface area contributed by atoms with Crippen LogP contribution in [0.1, 0.15) is 26.7 Å². The van der Waals surface area contributed by atoms with Crippen LogP contribution in [0.4, 0.5) is 0 Å². The van der Waals surface area contributed by atoms with E-state index >= 15 is 0 Å². The van der Waals surface area contributed by atoms with E-state index in [1.807, 2.05) is 13.8 Å². The van der Waals surface area contributed by atoms with Crippen LogP contribution in [-0.2, 0) is 9.53 Å². The molecule has 0 aromatic rings. The molecular weight excluding hydrogens is 204 g/mol. The molecule has 0 bridgehead atoms. The molecule has 0 atom stereocenters. The minimum atomic E-state index is -0.367. The third-order valence-corrected chi connectivity index (χ3v) is 3.22. The van der Waals surface area contributed by atoms with Crippen LogP contribution < -0.4 is 5.32 Å². The van der Waals surface area contributed by atoms with Crippen molar-refractivity contribution < 1.29 is 9.53 Å². The van der Waals surface area contributed by atoms with Gasteiger partial charge in [0.2, 0.25) is 0 Å². The first-order valence-corrected chi connectivity index (χ1v) is 6.08. The minimum absolute atomic E-state index is 0.111. The monoisotopic (exact) mass is 228 g/mol. The molecule has 1 rings (SSSR count). The Morgan fingerprint density at radius 2 is 2.12 bits per heavy atom. The molecule has 0 amide bonds. The zero-order chi connectivity index (χ0) is 12.0. The Morgan fingerprint density at radius 3 is 2.81 bits per heavy atom. The van der Waals surface area contributed by atoms with Crippen molar-refractivity contribution in [1.29, 1.82) is 0 Å². The summed E-state index contributed by atoms with van der Waals surface area (Å²) in [7, 11) is 1.46. The number of esters is 1. The maximum Gasteiger partial charge on any atom is 0.311 e. The van der Waals surface area contributed by atoms with Crippen molar-refractivity contribution in [2.45, 2.75) is 26.7 Å². The molecule has 1 fully saturated rings. The van der Waals surface area contributed by atoms with Gasteiger partial charge in [-0.2, -0.15) is 0 Å². The highest BCUT2D eigenvalue weighted by atomic mass is 16.5. The quantitative estimate of drug-likeness (QED) is 0.725. The number of carbonyl (C=O) groups excluding carboxylic acids is 1. The molecule has 0 aliphatic carbocycles. The molecule has 4 heteroatoms. The Labute approximate surface area is 98.3 Å². The van der Waals surface area contributed by atoms with Crippen LogP contribution in [0.3, 0.4) is 0 Å². The minimum Gasteiger partial charge on any atom is -0.469 e. The average Bonchev–Trinajstić information content (AvgIpc) is 2.53. The van der Waals surface area contributed by atoms with E-state index in [1.54, 1.807) is 0 Å². The van der Waals surface area contributed by atoms with Gasteiger partial charge in [-0.1, -0.05) is 0 Å². The standard InChI is InChI=1S/C12H24N2O2/c1-12(2,11(15)16-3)5-9-14-8-4-6-13-7-10-14/h13H,4-10H2,1-3H3. The molecule has 4 nitrogen and oxygen atoms in total. The van der Waals surface area contributed by atoms with Crippen molar-refractivity contribution in [3.8, 4) is 0 Å². The van der Waals surface area contributed by atoms with E-state index in [0.29, 0.717) is 0 Å². The van der Waals surface area contributed by atoms with Crippen LogP contribution in [-0.4, -0.2) is 50.7 Å². The van der Waals surface area contributed by atoms with Crippen molar-refractivity contribution in [1.82, 2.24) is 10.2 Å². The summed E-state index contributed by atoms with van der Waals surface area (Å²) in [6.07, 6.45) is 2.05. The fraction of sp³-hybridized carbons (Fsp3) is 0.917. The average molecular weight is 228 g/mol. The number of ether oxygens (including phenoxy) is 1. The van der Waals surface area contributed by atoms with Crippen molar-refractivity contribution in [3.63, 3.8) is 0 Å². The molecule has 1 heterocycles. The van der Waals surface area contributed by atoms with Crippen molar-refractivity contribution in [2.75, 3.05) is 39.8 Å². The van der Waals surface area contributed by atoms with Crippen LogP contribution in [0, 0.1) is 5.41 Å². The Hall–Kier alpha value is -0.610. The summed E-state index contributed by atoms with van der Waals surface area (Å²) in [4.78, 5) is 13.9. The first kappa shape index (κ1) is 13.5. The van der Waals surface area contributed by atoms with E-state index < -0.39 is 0 Å². The summed E-state index contributed by atoms with van der Waals surface area (Å²) in [6.45, 7) is 9.25. The van der Waals surface area contributed by atoms with E-state index in [9.17, 15) is 4.79 Å². The van der Waals surface area contributed by atoms with Gasteiger partial charge in [0.05, 0.1) is 12.5 Å². The fourth-order valence-corrected chi connectivity index (χ4v) is 1.94. The highest BCUT2D eigenvalue weighted by Gasteiger charge is 2.28. The second-order valence-corrected chi connectivity index (χ2v) is 5.07. The predicted octanol–water partition coefficient (Wildman–Crippen LogP) is 0.871. The van der Waals surface area contributed by atoms with Gasteiger partial charge in [0.1, 0.15) is 0 Å². The molecule has 0 radical (unpaired) electrons. The van der Waals surface area contributed by atoms with E-state index in [-0.39, 0.29) is 11.4 Å². The largest absolute Gasteiger partial charge is 0.469 e. The lowest BCUT2D eigenvalue weighted by molar-refractivity contribution is -0.151. The molecular formula is C12H24N2O2. The fourth-order valence-electron chi connectivity index (χ4n) is 1.94. The Morgan fingerprint density at radius 1 is 1.38 bits per heavy atom. The number of hydrogen-bond donors (Lipinski definition) is 1. The van der Waals surface area contributed by atoms with Crippen LogP contribution in [0.15, 0.2) is 0 Å². The van der Waals surface area contributed by atoms with Gasteiger partial charge in [-0.05, 0) is 46.3 Å². The summed E-state index contributed by atoms with van der Waals surface area (Å²) in [6, 6.07) is 0. The van der Waals surface area contributed by atoms with Crippen LogP contribution in [0.2, 0.25) is 0 Å². The van der Waals surface area contributed by atoms with Gasteiger partial charge in [0.15, 0.2) is 0 Å². The smallest absolute Gasteiger partial charge is 0.311 e. The molecule has 1 N–H and O–H groups in total. The van der Waals surface area contributed by atoms with Gasteiger partial charge < -0.3 is 15.0 Å². The van der Waals surface area contributed by atoms with Crippen LogP contribution >= 0.6 is 0 Å². The van der Waals surface area contributed by atoms with E-state index in [2.05, 4.69) is 10.2 Å². The number of nitrogens with zero attached hydrogens (tertiary/aromatic N) is 1. The van der Waals surface area contributed by atoms with Gasteiger partial charge in [0, 0.05) is 13.1 Å². The molecule has 1 aliphatic heterocycles. The maximum atomic E-state index is 11.5. The molecule has 0 spiro atoms. The van der Waals surface area contributed by atoms with Gasteiger partial charge in [-0.15, -0.1) is 0 Å². The molecule has 1 aliphatic rings. The van der Waals surface area contributed by atoms with Crippen molar-refractivity contribution >= 4 is 5.97 Å². The summed E-state index contributed by atoms with van der Waals surface area (Å²) < 4.78 is 4.81. The third-order valence-electron chi connectivity index (χ3n) is 3.22. The van der Waals surface area contributed by atoms with E-state index in [1.165, 1.54) is 13.5 Å². The Balaban J connectivity index is 2.34. The topological polar surface area (TPSA) is 41.6 Å². The lowest BCUT2D eigenvalue weighted by Gasteiger charge is -2.26. The Kier molecular flexibility index (Phi) is 5.22. The SMILES string of the molecule is COC(=O)C(C)(C)CCN1CCCNCC1. The number of nitrogens with one attached hydrogen (secondary N) is 1. The first-order valence-electron chi connectivity index (χ1n) is 6.08. The predicted molar refractivity (Wildman–Crippen MR) is 64.3 cm³/mol. The second-order valence-electron chi connectivity index (χ2n) is 5.07. The summed E-state index contributed by atoms with van der Waals surface area (Å²) in [5.41, 5.74) is -0.367. The van der Waals surface area contributed by atoms with E-state index in [4.69, 9.17) is 4.74 Å². The molecule has 16 heavy (non-hydrogen) atoms. The normalized spacial score (nSPS) is 19.2. The summed E-state index contributed by atoms with van der Waals surface area (Å²) >= 11 is 0. The molecule has 0 unspecified atom stereocenters. The maximum absolute atomic E-state index is 11.5. The van der Waals surface area contributed by atoms with Crippen LogP contribution in [0.5, 0.6) is 0 Å². The summed E-state index contributed by atoms with van der Waals surface area (Å²) in [5, 5.41) is 3.38. The number of hydrogen-bond acceptors (Lipinski definition) is 4. The van der Waals surface area contributed by atoms with Crippen LogP contribution in [0.25, 0.3) is 0 Å². The third kappa shape index (κ3) is 4.10. The number of carbonyl (C=O) groups is 1. The zero-order valence-corrected chi connectivity index (χ0v) is 10.7. The molecule has 0 aromatic heterocycles. The number of methoxy groups -OCH3 is 1. The van der Waals surface area contributed by atoms with Crippen molar-refractivity contribution in [3.05, 3.63) is 0 Å². The molecule has 0 saturated carbocycles. The lowest BCUT2D eigenvalue weighted by Crippen LogP contribution is -2.34. The highest BCUT2D eigenvalue weighted by Crippen LogP contribution is 2.22. The summed E-state index contributed by atoms with van der Waals surface area (Å²) in [5.74, 6) is -0.111. The Bertz CT molecular complexity index is 221. The highest BCUT2D eigenvalue weighted by molar-refractivity contribution is 5.75. The van der Waals surface area contributed by atoms with E-state index in [0.717, 1.165) is 39.1 Å².